The molecule has 1 aliphatic rings. The molecule has 0 bridgehead atoms. The molecule has 0 spiro atoms. The number of aromatic nitrogens is 1. The number of hydrogen-bond acceptors (Lipinski definition) is 5. The van der Waals surface area contributed by atoms with Crippen molar-refractivity contribution >= 4 is 11.6 Å². The van der Waals surface area contributed by atoms with E-state index in [0.717, 1.165) is 62.7 Å². The Balaban J connectivity index is 1.55. The minimum Gasteiger partial charge on any atom is -0.361 e. The average Bonchev–Trinajstić information content (AvgIpc) is 2.89. The molecule has 1 aromatic carbocycles. The molecule has 0 amide bonds. The third-order valence-electron chi connectivity index (χ3n) is 4.61. The molecule has 25 heavy (non-hydrogen) atoms. The van der Waals surface area contributed by atoms with Crippen LogP contribution in [0.1, 0.15) is 29.4 Å². The van der Waals surface area contributed by atoms with Crippen LogP contribution < -0.4 is 0 Å². The van der Waals surface area contributed by atoms with Crippen molar-refractivity contribution in [3.8, 4) is 6.07 Å². The summed E-state index contributed by atoms with van der Waals surface area (Å²) in [5.74, 6) is 0.730. The van der Waals surface area contributed by atoms with Crippen LogP contribution >= 0.6 is 11.6 Å². The number of benzene rings is 1. The Bertz CT molecular complexity index is 722. The van der Waals surface area contributed by atoms with Gasteiger partial charge in [-0.3, -0.25) is 4.90 Å². The van der Waals surface area contributed by atoms with Crippen LogP contribution in [-0.2, 0) is 6.54 Å². The minimum atomic E-state index is -0.123. The number of aryl methyl sites for hydroxylation is 1. The molecule has 0 radical (unpaired) electrons. The van der Waals surface area contributed by atoms with Gasteiger partial charge in [0.1, 0.15) is 5.76 Å². The molecule has 6 heteroatoms. The van der Waals surface area contributed by atoms with E-state index < -0.39 is 0 Å². The van der Waals surface area contributed by atoms with Gasteiger partial charge in [-0.1, -0.05) is 28.9 Å². The Morgan fingerprint density at radius 1 is 1.20 bits per heavy atom. The van der Waals surface area contributed by atoms with Gasteiger partial charge in [0, 0.05) is 37.3 Å². The Kier molecular flexibility index (Phi) is 6.09. The van der Waals surface area contributed by atoms with Crippen molar-refractivity contribution in [1.82, 2.24) is 15.0 Å². The van der Waals surface area contributed by atoms with Crippen molar-refractivity contribution in [1.29, 1.82) is 5.26 Å². The molecule has 2 aromatic rings. The summed E-state index contributed by atoms with van der Waals surface area (Å²) in [5.41, 5.74) is 2.02. The number of hydrogen-bond donors (Lipinski definition) is 0. The van der Waals surface area contributed by atoms with E-state index in [4.69, 9.17) is 16.1 Å². The SMILES string of the molecule is Cc1cc(CN2CCCN(CC(C#N)c3ccc(Cl)cc3)CC2)no1. The van der Waals surface area contributed by atoms with E-state index in [-0.39, 0.29) is 5.92 Å². The number of halogens is 1. The van der Waals surface area contributed by atoms with Gasteiger partial charge in [-0.15, -0.1) is 0 Å². The van der Waals surface area contributed by atoms with Crippen LogP contribution in [-0.4, -0.2) is 47.7 Å². The Morgan fingerprint density at radius 2 is 1.92 bits per heavy atom. The van der Waals surface area contributed by atoms with E-state index in [2.05, 4.69) is 21.0 Å². The predicted octanol–water partition coefficient (Wildman–Crippen LogP) is 3.45. The summed E-state index contributed by atoms with van der Waals surface area (Å²) in [6, 6.07) is 12.0. The van der Waals surface area contributed by atoms with E-state index in [1.807, 2.05) is 37.3 Å². The summed E-state index contributed by atoms with van der Waals surface area (Å²) in [6.45, 7) is 7.49. The second kappa shape index (κ2) is 8.48. The summed E-state index contributed by atoms with van der Waals surface area (Å²) >= 11 is 5.95. The van der Waals surface area contributed by atoms with Gasteiger partial charge in [-0.25, -0.2) is 0 Å². The number of rotatable bonds is 5. The lowest BCUT2D eigenvalue weighted by molar-refractivity contribution is 0.244. The van der Waals surface area contributed by atoms with Crippen LogP contribution in [0.2, 0.25) is 5.02 Å². The van der Waals surface area contributed by atoms with Crippen molar-refractivity contribution in [2.45, 2.75) is 25.8 Å². The molecular formula is C19H23ClN4O. The molecule has 1 saturated heterocycles. The topological polar surface area (TPSA) is 56.3 Å². The van der Waals surface area contributed by atoms with E-state index in [1.54, 1.807) is 0 Å². The number of nitrogens with zero attached hydrogens (tertiary/aromatic N) is 4. The Morgan fingerprint density at radius 3 is 2.60 bits per heavy atom. The smallest absolute Gasteiger partial charge is 0.133 e. The third-order valence-corrected chi connectivity index (χ3v) is 4.86. The molecule has 1 atom stereocenters. The molecule has 0 aliphatic carbocycles. The summed E-state index contributed by atoms with van der Waals surface area (Å²) < 4.78 is 5.15. The van der Waals surface area contributed by atoms with E-state index >= 15 is 0 Å². The molecule has 2 heterocycles. The highest BCUT2D eigenvalue weighted by atomic mass is 35.5. The molecule has 1 aromatic heterocycles. The second-order valence-corrected chi connectivity index (χ2v) is 7.03. The molecule has 1 aliphatic heterocycles. The maximum absolute atomic E-state index is 9.56. The van der Waals surface area contributed by atoms with Crippen LogP contribution in [0.15, 0.2) is 34.9 Å². The lowest BCUT2D eigenvalue weighted by Crippen LogP contribution is -2.33. The highest BCUT2D eigenvalue weighted by molar-refractivity contribution is 6.30. The monoisotopic (exact) mass is 358 g/mol. The third kappa shape index (κ3) is 5.05. The standard InChI is InChI=1S/C19H23ClN4O/c1-15-11-19(22-25-15)14-24-8-2-7-23(9-10-24)13-17(12-21)16-3-5-18(20)6-4-16/h3-6,11,17H,2,7-10,13-14H2,1H3. The average molecular weight is 359 g/mol. The molecule has 5 nitrogen and oxygen atoms in total. The first-order chi connectivity index (χ1) is 12.1. The summed E-state index contributed by atoms with van der Waals surface area (Å²) in [6.07, 6.45) is 1.09. The highest BCUT2D eigenvalue weighted by Crippen LogP contribution is 2.20. The van der Waals surface area contributed by atoms with Crippen LogP contribution in [0, 0.1) is 18.3 Å². The first-order valence-corrected chi connectivity index (χ1v) is 9.04. The quantitative estimate of drug-likeness (QED) is 0.819. The van der Waals surface area contributed by atoms with Crippen LogP contribution in [0.25, 0.3) is 0 Å². The Hall–Kier alpha value is -1.87. The molecule has 132 valence electrons. The predicted molar refractivity (Wildman–Crippen MR) is 97.4 cm³/mol. The molecular weight excluding hydrogens is 336 g/mol. The fraction of sp³-hybridized carbons (Fsp3) is 0.474. The largest absolute Gasteiger partial charge is 0.361 e. The molecule has 0 saturated carbocycles. The van der Waals surface area contributed by atoms with Crippen molar-refractivity contribution in [2.75, 3.05) is 32.7 Å². The van der Waals surface area contributed by atoms with Gasteiger partial charge in [0.15, 0.2) is 0 Å². The zero-order chi connectivity index (χ0) is 17.6. The summed E-state index contributed by atoms with van der Waals surface area (Å²) in [7, 11) is 0. The van der Waals surface area contributed by atoms with Gasteiger partial charge in [0.05, 0.1) is 17.7 Å². The van der Waals surface area contributed by atoms with Crippen molar-refractivity contribution in [3.63, 3.8) is 0 Å². The first kappa shape index (κ1) is 17.9. The first-order valence-electron chi connectivity index (χ1n) is 8.66. The highest BCUT2D eigenvalue weighted by Gasteiger charge is 2.20. The normalized spacial score (nSPS) is 17.8. The molecule has 1 unspecified atom stereocenters. The van der Waals surface area contributed by atoms with Crippen molar-refractivity contribution < 1.29 is 4.52 Å². The van der Waals surface area contributed by atoms with Crippen LogP contribution in [0.5, 0.6) is 0 Å². The van der Waals surface area contributed by atoms with Gasteiger partial charge in [0.2, 0.25) is 0 Å². The van der Waals surface area contributed by atoms with Gasteiger partial charge >= 0.3 is 0 Å². The Labute approximate surface area is 153 Å². The molecule has 1 fully saturated rings. The number of nitriles is 1. The second-order valence-electron chi connectivity index (χ2n) is 6.59. The van der Waals surface area contributed by atoms with E-state index in [9.17, 15) is 5.26 Å². The van der Waals surface area contributed by atoms with Gasteiger partial charge in [-0.05, 0) is 44.1 Å². The van der Waals surface area contributed by atoms with Gasteiger partial charge < -0.3 is 9.42 Å². The zero-order valence-electron chi connectivity index (χ0n) is 14.5. The van der Waals surface area contributed by atoms with Gasteiger partial charge in [0.25, 0.3) is 0 Å². The van der Waals surface area contributed by atoms with E-state index in [0.29, 0.717) is 5.02 Å². The lowest BCUT2D eigenvalue weighted by atomic mass is 10.00. The van der Waals surface area contributed by atoms with Crippen LogP contribution in [0.4, 0.5) is 0 Å². The lowest BCUT2D eigenvalue weighted by Gasteiger charge is -2.23. The maximum atomic E-state index is 9.56. The summed E-state index contributed by atoms with van der Waals surface area (Å²) in [5, 5.41) is 14.3. The van der Waals surface area contributed by atoms with E-state index in [1.165, 1.54) is 0 Å². The van der Waals surface area contributed by atoms with Crippen LogP contribution in [0.3, 0.4) is 0 Å². The molecule has 3 rings (SSSR count). The zero-order valence-corrected chi connectivity index (χ0v) is 15.2. The van der Waals surface area contributed by atoms with Gasteiger partial charge in [-0.2, -0.15) is 5.26 Å². The van der Waals surface area contributed by atoms with Crippen molar-refractivity contribution in [3.05, 3.63) is 52.4 Å². The minimum absolute atomic E-state index is 0.123. The van der Waals surface area contributed by atoms with Crippen molar-refractivity contribution in [2.24, 2.45) is 0 Å². The fourth-order valence-corrected chi connectivity index (χ4v) is 3.39. The molecule has 0 N–H and O–H groups in total. The maximum Gasteiger partial charge on any atom is 0.133 e. The fourth-order valence-electron chi connectivity index (χ4n) is 3.26. The summed E-state index contributed by atoms with van der Waals surface area (Å²) in [4.78, 5) is 4.79.